The Morgan fingerprint density at radius 3 is 2.06 bits per heavy atom. The molecule has 0 atom stereocenters. The minimum atomic E-state index is -1.15. The number of amides is 1. The SMILES string of the molecule is CCC(C)(CC)NC(=O)C1(C(=O)O)CCC1. The molecule has 1 saturated carbocycles. The monoisotopic (exact) mass is 227 g/mol. The lowest BCUT2D eigenvalue weighted by Crippen LogP contribution is -2.57. The average Bonchev–Trinajstić information content (AvgIpc) is 2.15. The van der Waals surface area contributed by atoms with Gasteiger partial charge in [-0.1, -0.05) is 20.3 Å². The van der Waals surface area contributed by atoms with Crippen molar-refractivity contribution in [3.63, 3.8) is 0 Å². The summed E-state index contributed by atoms with van der Waals surface area (Å²) in [5.41, 5.74) is -1.43. The number of carbonyl (C=O) groups excluding carboxylic acids is 1. The molecule has 0 unspecified atom stereocenters. The van der Waals surface area contributed by atoms with Gasteiger partial charge in [-0.3, -0.25) is 9.59 Å². The Balaban J connectivity index is 2.75. The van der Waals surface area contributed by atoms with Crippen LogP contribution in [-0.2, 0) is 9.59 Å². The van der Waals surface area contributed by atoms with Gasteiger partial charge in [-0.25, -0.2) is 0 Å². The Labute approximate surface area is 96.4 Å². The van der Waals surface area contributed by atoms with Gasteiger partial charge in [0.15, 0.2) is 0 Å². The van der Waals surface area contributed by atoms with Gasteiger partial charge < -0.3 is 10.4 Å². The summed E-state index contributed by atoms with van der Waals surface area (Å²) < 4.78 is 0. The van der Waals surface area contributed by atoms with Crippen molar-refractivity contribution in [1.82, 2.24) is 5.32 Å². The first-order valence-corrected chi connectivity index (χ1v) is 5.96. The smallest absolute Gasteiger partial charge is 0.319 e. The lowest BCUT2D eigenvalue weighted by molar-refractivity contribution is -0.162. The van der Waals surface area contributed by atoms with Crippen LogP contribution in [0.25, 0.3) is 0 Å². The third-order valence-corrected chi connectivity index (χ3v) is 4.03. The van der Waals surface area contributed by atoms with Crippen LogP contribution in [0.2, 0.25) is 0 Å². The number of nitrogens with one attached hydrogen (secondary N) is 1. The molecular formula is C12H21NO3. The molecule has 0 aromatic rings. The molecule has 0 radical (unpaired) electrons. The molecule has 0 heterocycles. The molecule has 1 rings (SSSR count). The molecule has 0 spiro atoms. The van der Waals surface area contributed by atoms with Gasteiger partial charge in [0.05, 0.1) is 0 Å². The summed E-state index contributed by atoms with van der Waals surface area (Å²) in [6.07, 6.45) is 3.39. The van der Waals surface area contributed by atoms with Crippen molar-refractivity contribution < 1.29 is 14.7 Å². The zero-order chi connectivity index (χ0) is 12.4. The predicted molar refractivity (Wildman–Crippen MR) is 61.0 cm³/mol. The van der Waals surface area contributed by atoms with Gasteiger partial charge in [0.25, 0.3) is 0 Å². The summed E-state index contributed by atoms with van der Waals surface area (Å²) in [5, 5.41) is 12.0. The summed E-state index contributed by atoms with van der Waals surface area (Å²) >= 11 is 0. The Morgan fingerprint density at radius 1 is 1.31 bits per heavy atom. The summed E-state index contributed by atoms with van der Waals surface area (Å²) in [5.74, 6) is -1.29. The molecule has 16 heavy (non-hydrogen) atoms. The van der Waals surface area contributed by atoms with E-state index in [0.717, 1.165) is 19.3 Å². The number of carboxylic acid groups (broad SMARTS) is 1. The third-order valence-electron chi connectivity index (χ3n) is 4.03. The van der Waals surface area contributed by atoms with Crippen LogP contribution in [0.3, 0.4) is 0 Å². The molecule has 0 aromatic carbocycles. The van der Waals surface area contributed by atoms with Gasteiger partial charge in [0.2, 0.25) is 5.91 Å². The van der Waals surface area contributed by atoms with Crippen molar-refractivity contribution >= 4 is 11.9 Å². The predicted octanol–water partition coefficient (Wildman–Crippen LogP) is 1.94. The van der Waals surface area contributed by atoms with E-state index in [1.807, 2.05) is 20.8 Å². The zero-order valence-corrected chi connectivity index (χ0v) is 10.3. The highest BCUT2D eigenvalue weighted by Crippen LogP contribution is 2.42. The molecule has 0 bridgehead atoms. The number of hydrogen-bond donors (Lipinski definition) is 2. The van der Waals surface area contributed by atoms with Crippen molar-refractivity contribution in [3.05, 3.63) is 0 Å². The lowest BCUT2D eigenvalue weighted by atomic mass is 9.67. The normalized spacial score (nSPS) is 18.7. The van der Waals surface area contributed by atoms with Gasteiger partial charge in [-0.05, 0) is 32.6 Å². The largest absolute Gasteiger partial charge is 0.480 e. The van der Waals surface area contributed by atoms with E-state index in [1.54, 1.807) is 0 Å². The van der Waals surface area contributed by atoms with Crippen molar-refractivity contribution in [2.24, 2.45) is 5.41 Å². The molecule has 1 aliphatic carbocycles. The number of carboxylic acids is 1. The molecule has 1 aliphatic rings. The van der Waals surface area contributed by atoms with E-state index in [-0.39, 0.29) is 11.4 Å². The summed E-state index contributed by atoms with van der Waals surface area (Å²) in [7, 11) is 0. The Bertz CT molecular complexity index is 291. The van der Waals surface area contributed by atoms with E-state index in [9.17, 15) is 9.59 Å². The van der Waals surface area contributed by atoms with Crippen molar-refractivity contribution in [1.29, 1.82) is 0 Å². The molecule has 2 N–H and O–H groups in total. The maximum Gasteiger partial charge on any atom is 0.319 e. The molecule has 1 fully saturated rings. The Kier molecular flexibility index (Phi) is 3.61. The highest BCUT2D eigenvalue weighted by molar-refractivity contribution is 6.03. The fourth-order valence-corrected chi connectivity index (χ4v) is 1.89. The van der Waals surface area contributed by atoms with Gasteiger partial charge in [-0.15, -0.1) is 0 Å². The van der Waals surface area contributed by atoms with Crippen molar-refractivity contribution in [2.75, 3.05) is 0 Å². The fourth-order valence-electron chi connectivity index (χ4n) is 1.89. The Morgan fingerprint density at radius 2 is 1.81 bits per heavy atom. The van der Waals surface area contributed by atoms with Gasteiger partial charge >= 0.3 is 5.97 Å². The highest BCUT2D eigenvalue weighted by atomic mass is 16.4. The van der Waals surface area contributed by atoms with E-state index in [2.05, 4.69) is 5.32 Å². The van der Waals surface area contributed by atoms with Crippen LogP contribution in [0, 0.1) is 5.41 Å². The number of rotatable bonds is 5. The second-order valence-electron chi connectivity index (χ2n) is 4.96. The quantitative estimate of drug-likeness (QED) is 0.705. The molecule has 0 aliphatic heterocycles. The summed E-state index contributed by atoms with van der Waals surface area (Å²) in [4.78, 5) is 23.2. The van der Waals surface area contributed by atoms with Crippen LogP contribution in [0.15, 0.2) is 0 Å². The van der Waals surface area contributed by atoms with E-state index in [4.69, 9.17) is 5.11 Å². The van der Waals surface area contributed by atoms with Crippen LogP contribution in [0.1, 0.15) is 52.9 Å². The van der Waals surface area contributed by atoms with E-state index in [1.165, 1.54) is 0 Å². The summed E-state index contributed by atoms with van der Waals surface area (Å²) in [6.45, 7) is 5.95. The van der Waals surface area contributed by atoms with Crippen LogP contribution < -0.4 is 5.32 Å². The third kappa shape index (κ3) is 2.06. The Hall–Kier alpha value is -1.06. The maximum atomic E-state index is 12.0. The van der Waals surface area contributed by atoms with Crippen LogP contribution in [0.5, 0.6) is 0 Å². The lowest BCUT2D eigenvalue weighted by Gasteiger charge is -2.39. The summed E-state index contributed by atoms with van der Waals surface area (Å²) in [6, 6.07) is 0. The van der Waals surface area contributed by atoms with E-state index in [0.29, 0.717) is 12.8 Å². The first kappa shape index (κ1) is 13.0. The molecule has 4 nitrogen and oxygen atoms in total. The number of carbonyl (C=O) groups is 2. The first-order chi connectivity index (χ1) is 7.40. The molecule has 92 valence electrons. The molecule has 0 aromatic heterocycles. The van der Waals surface area contributed by atoms with Crippen LogP contribution in [-0.4, -0.2) is 22.5 Å². The van der Waals surface area contributed by atoms with Crippen LogP contribution in [0.4, 0.5) is 0 Å². The standard InChI is InChI=1S/C12H21NO3/c1-4-11(3,5-2)13-9(14)12(10(15)16)7-6-8-12/h4-8H2,1-3H3,(H,13,14)(H,15,16). The first-order valence-electron chi connectivity index (χ1n) is 5.96. The second-order valence-corrected chi connectivity index (χ2v) is 4.96. The highest BCUT2D eigenvalue weighted by Gasteiger charge is 2.52. The second kappa shape index (κ2) is 4.44. The maximum absolute atomic E-state index is 12.0. The minimum Gasteiger partial charge on any atom is -0.480 e. The average molecular weight is 227 g/mol. The molecule has 4 heteroatoms. The number of hydrogen-bond acceptors (Lipinski definition) is 2. The number of aliphatic carboxylic acids is 1. The van der Waals surface area contributed by atoms with Gasteiger partial charge in [-0.2, -0.15) is 0 Å². The van der Waals surface area contributed by atoms with E-state index < -0.39 is 11.4 Å². The van der Waals surface area contributed by atoms with Gasteiger partial charge in [0, 0.05) is 5.54 Å². The molecule has 0 saturated heterocycles. The zero-order valence-electron chi connectivity index (χ0n) is 10.3. The van der Waals surface area contributed by atoms with Crippen LogP contribution >= 0.6 is 0 Å². The van der Waals surface area contributed by atoms with E-state index >= 15 is 0 Å². The molecule has 1 amide bonds. The van der Waals surface area contributed by atoms with Crippen molar-refractivity contribution in [2.45, 2.75) is 58.4 Å². The van der Waals surface area contributed by atoms with Crippen molar-refractivity contribution in [3.8, 4) is 0 Å². The topological polar surface area (TPSA) is 66.4 Å². The fraction of sp³-hybridized carbons (Fsp3) is 0.833. The molecular weight excluding hydrogens is 206 g/mol. The van der Waals surface area contributed by atoms with Gasteiger partial charge in [0.1, 0.15) is 5.41 Å². The minimum absolute atomic E-state index is 0.283.